The topological polar surface area (TPSA) is 114 Å². The van der Waals surface area contributed by atoms with Gasteiger partial charge in [-0.2, -0.15) is 0 Å². The molecule has 0 aliphatic carbocycles. The maximum Gasteiger partial charge on any atom is 0.267 e. The van der Waals surface area contributed by atoms with Crippen LogP contribution in [0, 0.1) is 0 Å². The number of amides is 1. The Morgan fingerprint density at radius 1 is 1.50 bits per heavy atom. The highest BCUT2D eigenvalue weighted by atomic mass is 32.2. The number of hydrogen-bond donors (Lipinski definition) is 3. The van der Waals surface area contributed by atoms with Gasteiger partial charge in [-0.15, -0.1) is 0 Å². The van der Waals surface area contributed by atoms with Crippen molar-refractivity contribution in [3.05, 3.63) is 0 Å². The van der Waals surface area contributed by atoms with Crippen LogP contribution in [0.15, 0.2) is 4.99 Å². The Hall–Kier alpha value is -0.970. The zero-order chi connectivity index (χ0) is 13.4. The fraction of sp³-hybridized carbons (Fsp3) is 0.750. The molecule has 2 heterocycles. The minimum atomic E-state index is -2.96. The summed E-state index contributed by atoms with van der Waals surface area (Å²) in [6, 6.07) is -0.998. The number of halogens is 2. The van der Waals surface area contributed by atoms with E-state index in [-0.39, 0.29) is 5.17 Å². The van der Waals surface area contributed by atoms with Gasteiger partial charge >= 0.3 is 0 Å². The van der Waals surface area contributed by atoms with Gasteiger partial charge in [0.1, 0.15) is 35.9 Å². The quantitative estimate of drug-likeness (QED) is 0.518. The Kier molecular flexibility index (Phi) is 3.71. The summed E-state index contributed by atoms with van der Waals surface area (Å²) in [7, 11) is 0. The minimum absolute atomic E-state index is 0.119. The van der Waals surface area contributed by atoms with Gasteiger partial charge in [-0.1, -0.05) is 11.8 Å². The van der Waals surface area contributed by atoms with E-state index in [4.69, 9.17) is 4.74 Å². The van der Waals surface area contributed by atoms with Crippen LogP contribution in [0.2, 0.25) is 0 Å². The van der Waals surface area contributed by atoms with Crippen LogP contribution in [0.25, 0.3) is 0 Å². The molecule has 0 unspecified atom stereocenters. The summed E-state index contributed by atoms with van der Waals surface area (Å²) in [5.74, 6) is 0. The molecule has 1 saturated heterocycles. The highest BCUT2D eigenvalue weighted by Gasteiger charge is 2.50. The van der Waals surface area contributed by atoms with Crippen LogP contribution in [-0.4, -0.2) is 57.7 Å². The second-order valence-electron chi connectivity index (χ2n) is 3.74. The summed E-state index contributed by atoms with van der Waals surface area (Å²) in [6.45, 7) is 0. The average Bonchev–Trinajstić information content (AvgIpc) is 2.65. The summed E-state index contributed by atoms with van der Waals surface area (Å²) in [6.07, 6.45) is -9.73. The van der Waals surface area contributed by atoms with E-state index < -0.39 is 42.3 Å². The van der Waals surface area contributed by atoms with Gasteiger partial charge in [0, 0.05) is 0 Å². The van der Waals surface area contributed by atoms with Crippen molar-refractivity contribution >= 4 is 23.0 Å². The van der Waals surface area contributed by atoms with E-state index in [2.05, 4.69) is 4.99 Å². The molecule has 102 valence electrons. The zero-order valence-corrected chi connectivity index (χ0v) is 9.51. The molecule has 10 heteroatoms. The predicted molar refractivity (Wildman–Crippen MR) is 54.0 cm³/mol. The van der Waals surface area contributed by atoms with Gasteiger partial charge in [-0.05, 0) is 0 Å². The summed E-state index contributed by atoms with van der Waals surface area (Å²) < 4.78 is 30.0. The molecule has 0 radical (unpaired) electrons. The van der Waals surface area contributed by atoms with Crippen molar-refractivity contribution in [2.75, 3.05) is 0 Å². The van der Waals surface area contributed by atoms with E-state index in [1.807, 2.05) is 5.32 Å². The maximum absolute atomic E-state index is 12.5. The van der Waals surface area contributed by atoms with Crippen molar-refractivity contribution in [3.63, 3.8) is 0 Å². The van der Waals surface area contributed by atoms with Gasteiger partial charge < -0.3 is 30.2 Å². The van der Waals surface area contributed by atoms with Crippen LogP contribution in [0.1, 0.15) is 0 Å². The van der Waals surface area contributed by atoms with Crippen molar-refractivity contribution in [1.82, 2.24) is 5.32 Å². The number of aliphatic hydroxyl groups is 2. The molecule has 5 atom stereocenters. The maximum atomic E-state index is 12.5. The normalized spacial score (nSPS) is 39.4. The molecule has 2 aliphatic heterocycles. The highest BCUT2D eigenvalue weighted by molar-refractivity contribution is 8.14. The molecular formula is C8H9F2N2O5S-. The lowest BCUT2D eigenvalue weighted by atomic mass is 9.98. The lowest BCUT2D eigenvalue weighted by molar-refractivity contribution is -0.248. The third-order valence-electron chi connectivity index (χ3n) is 2.56. The molecule has 0 saturated carbocycles. The predicted octanol–water partition coefficient (Wildman–Crippen LogP) is -1.90. The van der Waals surface area contributed by atoms with Crippen LogP contribution < -0.4 is 10.4 Å². The second-order valence-corrected chi connectivity index (χ2v) is 4.83. The second kappa shape index (κ2) is 4.96. The standard InChI is InChI=1S/C8H10F2N2O5S/c9-5(10)4-3(14)2(13)1-6(17-4)18-7(11-1)12-8(15)16/h1-6,13-14H,(H,11,12)(H,15,16)/p-1/t1-,2-,3+,4+,6-/m1/s1. The van der Waals surface area contributed by atoms with E-state index in [1.54, 1.807) is 0 Å². The average molecular weight is 283 g/mol. The fourth-order valence-electron chi connectivity index (χ4n) is 1.74. The van der Waals surface area contributed by atoms with Gasteiger partial charge in [0.15, 0.2) is 5.17 Å². The molecule has 1 amide bonds. The van der Waals surface area contributed by atoms with Gasteiger partial charge in [-0.3, -0.25) is 4.99 Å². The van der Waals surface area contributed by atoms with Crippen LogP contribution in [-0.2, 0) is 4.74 Å². The molecule has 0 aromatic rings. The van der Waals surface area contributed by atoms with E-state index in [0.717, 1.165) is 11.8 Å². The minimum Gasteiger partial charge on any atom is -0.530 e. The Morgan fingerprint density at radius 2 is 2.17 bits per heavy atom. The Labute approximate surface area is 104 Å². The first-order valence-corrected chi connectivity index (χ1v) is 5.80. The first kappa shape index (κ1) is 13.5. The Balaban J connectivity index is 2.11. The third kappa shape index (κ3) is 2.41. The first-order valence-electron chi connectivity index (χ1n) is 4.92. The molecule has 7 nitrogen and oxygen atoms in total. The van der Waals surface area contributed by atoms with Gasteiger partial charge in [0.05, 0.1) is 0 Å². The SMILES string of the molecule is O=C([O-])NC1=N[C@@H]2[C@@H](O)[C@H](O)[C@@H](C(F)F)O[C@@H]2S1. The van der Waals surface area contributed by atoms with Crippen molar-refractivity contribution in [2.24, 2.45) is 4.99 Å². The summed E-state index contributed by atoms with van der Waals surface area (Å²) in [5, 5.41) is 31.1. The highest BCUT2D eigenvalue weighted by Crippen LogP contribution is 2.37. The number of rotatable bonds is 1. The summed E-state index contributed by atoms with van der Waals surface area (Å²) in [4.78, 5) is 14.0. The molecular weight excluding hydrogens is 274 g/mol. The molecule has 0 aromatic heterocycles. The largest absolute Gasteiger partial charge is 0.530 e. The van der Waals surface area contributed by atoms with E-state index >= 15 is 0 Å². The van der Waals surface area contributed by atoms with E-state index in [1.165, 1.54) is 0 Å². The lowest BCUT2D eigenvalue weighted by Gasteiger charge is -2.37. The molecule has 0 spiro atoms. The lowest BCUT2D eigenvalue weighted by Crippen LogP contribution is -2.56. The number of nitrogens with zero attached hydrogens (tertiary/aromatic N) is 1. The number of ether oxygens (including phenoxy) is 1. The number of carboxylic acid groups (broad SMARTS) is 1. The number of aliphatic imine (C=N–C) groups is 1. The van der Waals surface area contributed by atoms with Crippen LogP contribution in [0.4, 0.5) is 13.6 Å². The Bertz CT molecular complexity index is 382. The van der Waals surface area contributed by atoms with Crippen molar-refractivity contribution in [2.45, 2.75) is 36.2 Å². The van der Waals surface area contributed by atoms with Crippen molar-refractivity contribution in [1.29, 1.82) is 0 Å². The molecule has 3 N–H and O–H groups in total. The summed E-state index contributed by atoms with van der Waals surface area (Å²) in [5.41, 5.74) is -0.968. The molecule has 18 heavy (non-hydrogen) atoms. The number of thioether (sulfide) groups is 1. The Morgan fingerprint density at radius 3 is 2.72 bits per heavy atom. The summed E-state index contributed by atoms with van der Waals surface area (Å²) >= 11 is 0.741. The van der Waals surface area contributed by atoms with Crippen molar-refractivity contribution < 1.29 is 33.6 Å². The number of alkyl halides is 2. The number of carbonyl (C=O) groups excluding carboxylic acids is 1. The van der Waals surface area contributed by atoms with Gasteiger partial charge in [0.25, 0.3) is 6.43 Å². The van der Waals surface area contributed by atoms with Gasteiger partial charge in [-0.25, -0.2) is 8.78 Å². The fourth-order valence-corrected chi connectivity index (χ4v) is 2.83. The first-order chi connectivity index (χ1) is 8.40. The number of amidine groups is 1. The molecule has 2 rings (SSSR count). The van der Waals surface area contributed by atoms with Crippen LogP contribution in [0.5, 0.6) is 0 Å². The number of aliphatic hydroxyl groups excluding tert-OH is 2. The van der Waals surface area contributed by atoms with Crippen LogP contribution >= 0.6 is 11.8 Å². The smallest absolute Gasteiger partial charge is 0.267 e. The van der Waals surface area contributed by atoms with E-state index in [9.17, 15) is 28.9 Å². The van der Waals surface area contributed by atoms with Crippen LogP contribution in [0.3, 0.4) is 0 Å². The molecule has 2 aliphatic rings. The molecule has 0 aromatic carbocycles. The number of nitrogens with one attached hydrogen (secondary N) is 1. The molecule has 1 fully saturated rings. The molecule has 0 bridgehead atoms. The van der Waals surface area contributed by atoms with Crippen molar-refractivity contribution in [3.8, 4) is 0 Å². The zero-order valence-electron chi connectivity index (χ0n) is 8.69. The monoisotopic (exact) mass is 283 g/mol. The van der Waals surface area contributed by atoms with E-state index in [0.29, 0.717) is 0 Å². The number of hydrogen-bond acceptors (Lipinski definition) is 7. The van der Waals surface area contributed by atoms with Gasteiger partial charge in [0.2, 0.25) is 0 Å². The number of carbonyl (C=O) groups is 1. The number of fused-ring (bicyclic) bond motifs is 1. The third-order valence-corrected chi connectivity index (χ3v) is 3.61.